The number of benzene rings is 2. The average molecular weight is 488 g/mol. The summed E-state index contributed by atoms with van der Waals surface area (Å²) in [5.74, 6) is 0.806. The summed E-state index contributed by atoms with van der Waals surface area (Å²) in [5.41, 5.74) is 2.38. The fraction of sp³-hybridized carbons (Fsp3) is 0.350. The molecular formula is C20H27ClIN3O. The third-order valence-electron chi connectivity index (χ3n) is 3.72. The van der Waals surface area contributed by atoms with Crippen molar-refractivity contribution in [2.75, 3.05) is 20.2 Å². The average Bonchev–Trinajstić information content (AvgIpc) is 2.65. The van der Waals surface area contributed by atoms with E-state index in [1.807, 2.05) is 42.5 Å². The minimum atomic E-state index is 0. The molecule has 2 rings (SSSR count). The number of aliphatic imine (C=N–C) groups is 1. The molecule has 0 fully saturated rings. The van der Waals surface area contributed by atoms with Crippen molar-refractivity contribution >= 4 is 41.5 Å². The predicted octanol–water partition coefficient (Wildman–Crippen LogP) is 4.62. The van der Waals surface area contributed by atoms with Gasteiger partial charge in [-0.2, -0.15) is 0 Å². The summed E-state index contributed by atoms with van der Waals surface area (Å²) in [4.78, 5) is 4.23. The number of ether oxygens (including phenoxy) is 1. The summed E-state index contributed by atoms with van der Waals surface area (Å²) in [5, 5.41) is 7.36. The standard InChI is InChI=1S/C20H26ClN3O.HI/c1-22-20(24-15-17-9-11-19(21)12-10-17)23-13-5-6-14-25-16-18-7-3-2-4-8-18;/h2-4,7-12H,5-6,13-16H2,1H3,(H2,22,23,24);1H. The van der Waals surface area contributed by atoms with Crippen LogP contribution in [0.3, 0.4) is 0 Å². The Morgan fingerprint density at radius 2 is 1.69 bits per heavy atom. The van der Waals surface area contributed by atoms with Gasteiger partial charge in [-0.05, 0) is 36.1 Å². The van der Waals surface area contributed by atoms with Crippen LogP contribution < -0.4 is 10.6 Å². The van der Waals surface area contributed by atoms with Gasteiger partial charge in [0, 0.05) is 31.8 Å². The molecule has 6 heteroatoms. The quantitative estimate of drug-likeness (QED) is 0.235. The van der Waals surface area contributed by atoms with Crippen LogP contribution in [0, 0.1) is 0 Å². The van der Waals surface area contributed by atoms with Gasteiger partial charge in [0.1, 0.15) is 0 Å². The first kappa shape index (κ1) is 22.7. The predicted molar refractivity (Wildman–Crippen MR) is 120 cm³/mol. The van der Waals surface area contributed by atoms with Crippen molar-refractivity contribution in [3.63, 3.8) is 0 Å². The maximum Gasteiger partial charge on any atom is 0.191 e. The van der Waals surface area contributed by atoms with Crippen LogP contribution in [0.4, 0.5) is 0 Å². The van der Waals surface area contributed by atoms with Crippen molar-refractivity contribution in [2.45, 2.75) is 26.0 Å². The van der Waals surface area contributed by atoms with Gasteiger partial charge in [0.25, 0.3) is 0 Å². The zero-order valence-electron chi connectivity index (χ0n) is 15.1. The summed E-state index contributed by atoms with van der Waals surface area (Å²) in [6, 6.07) is 18.0. The van der Waals surface area contributed by atoms with E-state index in [1.165, 1.54) is 11.1 Å². The number of nitrogens with one attached hydrogen (secondary N) is 2. The van der Waals surface area contributed by atoms with Crippen molar-refractivity contribution in [2.24, 2.45) is 4.99 Å². The molecule has 2 N–H and O–H groups in total. The Morgan fingerprint density at radius 3 is 2.38 bits per heavy atom. The first-order chi connectivity index (χ1) is 12.3. The third-order valence-corrected chi connectivity index (χ3v) is 3.97. The first-order valence-corrected chi connectivity index (χ1v) is 8.96. The molecule has 0 atom stereocenters. The van der Waals surface area contributed by atoms with Crippen molar-refractivity contribution in [1.29, 1.82) is 0 Å². The van der Waals surface area contributed by atoms with Crippen LogP contribution in [0.2, 0.25) is 5.02 Å². The fourth-order valence-corrected chi connectivity index (χ4v) is 2.43. The fourth-order valence-electron chi connectivity index (χ4n) is 2.31. The van der Waals surface area contributed by atoms with Gasteiger partial charge >= 0.3 is 0 Å². The molecule has 0 aliphatic carbocycles. The zero-order valence-corrected chi connectivity index (χ0v) is 18.2. The molecule has 2 aromatic carbocycles. The molecule has 2 aromatic rings. The highest BCUT2D eigenvalue weighted by Gasteiger charge is 1.99. The van der Waals surface area contributed by atoms with Gasteiger partial charge in [0.2, 0.25) is 0 Å². The van der Waals surface area contributed by atoms with Gasteiger partial charge in [0.05, 0.1) is 6.61 Å². The van der Waals surface area contributed by atoms with Gasteiger partial charge in [-0.25, -0.2) is 0 Å². The van der Waals surface area contributed by atoms with Crippen LogP contribution >= 0.6 is 35.6 Å². The minimum absolute atomic E-state index is 0. The summed E-state index contributed by atoms with van der Waals surface area (Å²) in [7, 11) is 1.78. The highest BCUT2D eigenvalue weighted by atomic mass is 127. The molecular weight excluding hydrogens is 461 g/mol. The van der Waals surface area contributed by atoms with Gasteiger partial charge in [-0.1, -0.05) is 54.1 Å². The maximum atomic E-state index is 5.89. The number of nitrogens with zero attached hydrogens (tertiary/aromatic N) is 1. The van der Waals surface area contributed by atoms with Crippen LogP contribution in [0.15, 0.2) is 59.6 Å². The lowest BCUT2D eigenvalue weighted by Crippen LogP contribution is -2.37. The van der Waals surface area contributed by atoms with Crippen LogP contribution in [0.5, 0.6) is 0 Å². The van der Waals surface area contributed by atoms with Crippen LogP contribution in [0.25, 0.3) is 0 Å². The lowest BCUT2D eigenvalue weighted by molar-refractivity contribution is 0.117. The smallest absolute Gasteiger partial charge is 0.191 e. The first-order valence-electron chi connectivity index (χ1n) is 8.58. The summed E-state index contributed by atoms with van der Waals surface area (Å²) in [6.07, 6.45) is 2.06. The molecule has 0 radical (unpaired) electrons. The molecule has 0 spiro atoms. The highest BCUT2D eigenvalue weighted by molar-refractivity contribution is 14.0. The Morgan fingerprint density at radius 1 is 0.962 bits per heavy atom. The van der Waals surface area contributed by atoms with Gasteiger partial charge in [0.15, 0.2) is 5.96 Å². The molecule has 0 heterocycles. The van der Waals surface area contributed by atoms with E-state index in [0.29, 0.717) is 6.61 Å². The summed E-state index contributed by atoms with van der Waals surface area (Å²) < 4.78 is 5.68. The molecule has 0 amide bonds. The molecule has 0 saturated heterocycles. The lowest BCUT2D eigenvalue weighted by Gasteiger charge is -2.12. The third kappa shape index (κ3) is 9.40. The summed E-state index contributed by atoms with van der Waals surface area (Å²) in [6.45, 7) is 3.04. The van der Waals surface area contributed by atoms with E-state index < -0.39 is 0 Å². The molecule has 142 valence electrons. The Bertz CT molecular complexity index is 635. The molecule has 0 bridgehead atoms. The Hall–Kier alpha value is -1.31. The second kappa shape index (κ2) is 13.8. The molecule has 26 heavy (non-hydrogen) atoms. The normalized spacial score (nSPS) is 10.9. The minimum Gasteiger partial charge on any atom is -0.377 e. The van der Waals surface area contributed by atoms with E-state index in [0.717, 1.165) is 43.5 Å². The molecule has 0 unspecified atom stereocenters. The maximum absolute atomic E-state index is 5.89. The number of unbranched alkanes of at least 4 members (excludes halogenated alkanes) is 1. The number of rotatable bonds is 9. The SMILES string of the molecule is CN=C(NCCCCOCc1ccccc1)NCc1ccc(Cl)cc1.I. The lowest BCUT2D eigenvalue weighted by atomic mass is 10.2. The molecule has 0 aliphatic rings. The zero-order chi connectivity index (χ0) is 17.7. The topological polar surface area (TPSA) is 45.7 Å². The molecule has 0 aliphatic heterocycles. The van der Waals surface area contributed by atoms with Crippen molar-refractivity contribution in [3.8, 4) is 0 Å². The second-order valence-electron chi connectivity index (χ2n) is 5.72. The van der Waals surface area contributed by atoms with E-state index in [9.17, 15) is 0 Å². The number of hydrogen-bond acceptors (Lipinski definition) is 2. The number of halogens is 2. The van der Waals surface area contributed by atoms with Crippen LogP contribution in [-0.4, -0.2) is 26.2 Å². The van der Waals surface area contributed by atoms with Gasteiger partial charge < -0.3 is 15.4 Å². The van der Waals surface area contributed by atoms with Crippen LogP contribution in [-0.2, 0) is 17.9 Å². The van der Waals surface area contributed by atoms with Crippen molar-refractivity contribution < 1.29 is 4.74 Å². The summed E-state index contributed by atoms with van der Waals surface area (Å²) >= 11 is 5.89. The van der Waals surface area contributed by atoms with E-state index >= 15 is 0 Å². The van der Waals surface area contributed by atoms with E-state index in [-0.39, 0.29) is 24.0 Å². The largest absolute Gasteiger partial charge is 0.377 e. The number of guanidine groups is 1. The van der Waals surface area contributed by atoms with Gasteiger partial charge in [-0.15, -0.1) is 24.0 Å². The van der Waals surface area contributed by atoms with Crippen LogP contribution in [0.1, 0.15) is 24.0 Å². The number of hydrogen-bond donors (Lipinski definition) is 2. The molecule has 4 nitrogen and oxygen atoms in total. The Balaban J connectivity index is 0.00000338. The van der Waals surface area contributed by atoms with Crippen molar-refractivity contribution in [3.05, 3.63) is 70.7 Å². The van der Waals surface area contributed by atoms with E-state index in [1.54, 1.807) is 7.05 Å². The molecule has 0 aromatic heterocycles. The highest BCUT2D eigenvalue weighted by Crippen LogP contribution is 2.09. The second-order valence-corrected chi connectivity index (χ2v) is 6.16. The Kier molecular flexibility index (Phi) is 12.1. The Labute approximate surface area is 178 Å². The van der Waals surface area contributed by atoms with Crippen molar-refractivity contribution in [1.82, 2.24) is 10.6 Å². The van der Waals surface area contributed by atoms with Gasteiger partial charge in [-0.3, -0.25) is 4.99 Å². The van der Waals surface area contributed by atoms with E-state index in [4.69, 9.17) is 16.3 Å². The van der Waals surface area contributed by atoms with E-state index in [2.05, 4.69) is 27.8 Å². The molecule has 0 saturated carbocycles. The monoisotopic (exact) mass is 487 g/mol.